The normalized spacial score (nSPS) is 25.6. The Hall–Kier alpha value is -3.45. The number of piperidine rings is 1. The van der Waals surface area contributed by atoms with E-state index in [0.717, 1.165) is 21.8 Å². The van der Waals surface area contributed by atoms with Gasteiger partial charge in [-0.25, -0.2) is 8.42 Å². The lowest BCUT2D eigenvalue weighted by Crippen LogP contribution is -2.60. The number of ether oxygens (including phenoxy) is 1. The number of hydrogen-bond donors (Lipinski definition) is 4. The number of benzene rings is 1. The first-order valence-electron chi connectivity index (χ1n) is 13.7. The van der Waals surface area contributed by atoms with Crippen LogP contribution in [0.25, 0.3) is 0 Å². The number of likely N-dealkylation sites (tertiary alicyclic amines) is 1. The molecule has 2 aliphatic heterocycles. The summed E-state index contributed by atoms with van der Waals surface area (Å²) in [6, 6.07) is 0.970. The predicted molar refractivity (Wildman–Crippen MR) is 142 cm³/mol. The van der Waals surface area contributed by atoms with Gasteiger partial charge in [-0.05, 0) is 48.3 Å². The van der Waals surface area contributed by atoms with E-state index in [4.69, 9.17) is 10.5 Å². The Kier molecular flexibility index (Phi) is 9.22. The first-order chi connectivity index (χ1) is 20.6. The largest absolute Gasteiger partial charge is 0.511 e. The highest BCUT2D eigenvalue weighted by Gasteiger charge is 2.69. The lowest BCUT2D eigenvalue weighted by Gasteiger charge is -2.33. The molecule has 0 spiro atoms. The smallest absolute Gasteiger partial charge is 0.486 e. The number of sulfonamides is 1. The van der Waals surface area contributed by atoms with Crippen LogP contribution >= 0.6 is 0 Å². The van der Waals surface area contributed by atoms with Crippen molar-refractivity contribution < 1.29 is 58.7 Å². The molecule has 0 bridgehead atoms. The van der Waals surface area contributed by atoms with Crippen LogP contribution in [0.5, 0.6) is 5.75 Å². The first kappa shape index (κ1) is 34.4. The quantitative estimate of drug-likeness (QED) is 0.198. The van der Waals surface area contributed by atoms with Crippen LogP contribution < -0.4 is 25.8 Å². The zero-order valence-corrected chi connectivity index (χ0v) is 24.7. The van der Waals surface area contributed by atoms with Gasteiger partial charge in [-0.2, -0.15) is 31.1 Å². The van der Waals surface area contributed by atoms with Crippen LogP contribution in [0.3, 0.4) is 0 Å². The summed E-state index contributed by atoms with van der Waals surface area (Å²) in [7, 11) is -6.01. The molecule has 1 aliphatic carbocycles. The number of alkyl halides is 6. The molecule has 2 heterocycles. The van der Waals surface area contributed by atoms with Crippen LogP contribution in [-0.4, -0.2) is 80.3 Å². The summed E-state index contributed by atoms with van der Waals surface area (Å²) in [5, 5.41) is 5.07. The molecule has 1 aromatic carbocycles. The Morgan fingerprint density at radius 1 is 1.18 bits per heavy atom. The van der Waals surface area contributed by atoms with Gasteiger partial charge in [-0.1, -0.05) is 19.9 Å². The van der Waals surface area contributed by atoms with E-state index in [1.165, 1.54) is 6.07 Å². The Labute approximate surface area is 253 Å². The van der Waals surface area contributed by atoms with Crippen LogP contribution in [0.4, 0.5) is 26.3 Å². The molecular weight excluding hydrogens is 640 g/mol. The number of halogens is 6. The lowest BCUT2D eigenvalue weighted by atomic mass is 9.94. The molecular formula is C26H31F6N5O7S. The Morgan fingerprint density at radius 3 is 2.42 bits per heavy atom. The van der Waals surface area contributed by atoms with Crippen LogP contribution in [0, 0.1) is 23.2 Å². The molecule has 2 saturated heterocycles. The maximum absolute atomic E-state index is 13.7. The molecule has 3 fully saturated rings. The highest BCUT2D eigenvalue weighted by atomic mass is 32.2. The van der Waals surface area contributed by atoms with Gasteiger partial charge in [0.15, 0.2) is 5.78 Å². The van der Waals surface area contributed by atoms with Gasteiger partial charge >= 0.3 is 21.7 Å². The maximum atomic E-state index is 13.7. The monoisotopic (exact) mass is 671 g/mol. The van der Waals surface area contributed by atoms with Gasteiger partial charge < -0.3 is 26.0 Å². The van der Waals surface area contributed by atoms with E-state index in [-0.39, 0.29) is 24.6 Å². The number of ketones is 1. The summed E-state index contributed by atoms with van der Waals surface area (Å²) in [6.07, 6.45) is -6.96. The number of nitrogens with one attached hydrogen (secondary N) is 3. The number of fused-ring (bicyclic) bond motifs is 1. The van der Waals surface area contributed by atoms with E-state index in [2.05, 4.69) is 10.6 Å². The Bertz CT molecular complexity index is 1470. The van der Waals surface area contributed by atoms with Crippen molar-refractivity contribution in [3.8, 4) is 5.75 Å². The van der Waals surface area contributed by atoms with Gasteiger partial charge in [0.2, 0.25) is 11.8 Å². The second-order valence-electron chi connectivity index (χ2n) is 11.8. The van der Waals surface area contributed by atoms with E-state index in [1.54, 1.807) is 13.8 Å². The number of amides is 3. The van der Waals surface area contributed by atoms with E-state index < -0.39 is 92.9 Å². The van der Waals surface area contributed by atoms with E-state index in [0.29, 0.717) is 19.0 Å². The minimum absolute atomic E-state index is 0.141. The lowest BCUT2D eigenvalue weighted by molar-refractivity contribution is -0.142. The SMILES string of the molecule is CC1(C)[C@@H]2[C@@H](C(=O)N[C@@H](C[C@@H]3CCNC3=O)C(=O)COc3cccc(C(F)(F)F)c3)N(C(=O)[C@H](N)NS(=O)(=O)C(F)(F)F)C[C@@H]21. The number of nitrogens with zero attached hydrogens (tertiary/aromatic N) is 1. The predicted octanol–water partition coefficient (Wildman–Crippen LogP) is 0.871. The summed E-state index contributed by atoms with van der Waals surface area (Å²) in [4.78, 5) is 53.1. The third-order valence-electron chi connectivity index (χ3n) is 8.54. The zero-order valence-electron chi connectivity index (χ0n) is 23.9. The van der Waals surface area contributed by atoms with Gasteiger partial charge in [0.05, 0.1) is 11.6 Å². The average Bonchev–Trinajstić information content (AvgIpc) is 3.26. The molecule has 19 heteroatoms. The molecule has 5 N–H and O–H groups in total. The van der Waals surface area contributed by atoms with Crippen molar-refractivity contribution in [3.05, 3.63) is 29.8 Å². The topological polar surface area (TPSA) is 177 Å². The molecule has 0 radical (unpaired) electrons. The molecule has 250 valence electrons. The Morgan fingerprint density at radius 2 is 1.84 bits per heavy atom. The molecule has 0 unspecified atom stereocenters. The van der Waals surface area contributed by atoms with E-state index >= 15 is 0 Å². The van der Waals surface area contributed by atoms with Crippen molar-refractivity contribution in [2.24, 2.45) is 28.9 Å². The van der Waals surface area contributed by atoms with Crippen LogP contribution in [0.2, 0.25) is 0 Å². The summed E-state index contributed by atoms with van der Waals surface area (Å²) < 4.78 is 107. The summed E-state index contributed by atoms with van der Waals surface area (Å²) in [5.41, 5.74) is -1.81. The van der Waals surface area contributed by atoms with E-state index in [9.17, 15) is 53.9 Å². The summed E-state index contributed by atoms with van der Waals surface area (Å²) in [6.45, 7) is 2.93. The summed E-state index contributed by atoms with van der Waals surface area (Å²) >= 11 is 0. The fraction of sp³-hybridized carbons (Fsp3) is 0.615. The average molecular weight is 672 g/mol. The standard InChI is InChI=1S/C26H31F6N5O7S/c1-24(2)15-10-37(23(41)20(33)36-45(42,43)26(30,31)32)19(18(15)24)22(40)35-16(8-12-6-7-34-21(12)39)17(38)11-44-14-5-3-4-13(9-14)25(27,28)29/h3-5,9,12,15-16,18-20,36H,6-8,10-11,33H2,1-2H3,(H,34,39)(H,35,40)/t12-,15-,16-,18-,19-,20+/m0/s1. The van der Waals surface area contributed by atoms with Crippen molar-refractivity contribution in [1.29, 1.82) is 0 Å². The molecule has 4 rings (SSSR count). The first-order valence-corrected chi connectivity index (χ1v) is 15.2. The van der Waals surface area contributed by atoms with Crippen LogP contribution in [0.1, 0.15) is 32.3 Å². The Balaban J connectivity index is 1.52. The fourth-order valence-corrected chi connectivity index (χ4v) is 6.54. The van der Waals surface area contributed by atoms with Crippen molar-refractivity contribution in [2.75, 3.05) is 19.7 Å². The molecule has 0 aromatic heterocycles. The molecule has 3 amide bonds. The molecule has 12 nitrogen and oxygen atoms in total. The zero-order chi connectivity index (χ0) is 33.7. The van der Waals surface area contributed by atoms with Crippen LogP contribution in [0.15, 0.2) is 24.3 Å². The number of nitrogens with two attached hydrogens (primary N) is 1. The minimum Gasteiger partial charge on any atom is -0.486 e. The van der Waals surface area contributed by atoms with Gasteiger partial charge in [-0.3, -0.25) is 19.2 Å². The molecule has 6 atom stereocenters. The maximum Gasteiger partial charge on any atom is 0.511 e. The second-order valence-corrected chi connectivity index (χ2v) is 13.5. The number of carbonyl (C=O) groups excluding carboxylic acids is 4. The number of Topliss-reactive ketones (excluding diaryl/α,β-unsaturated/α-hetero) is 1. The van der Waals surface area contributed by atoms with Crippen molar-refractivity contribution in [2.45, 2.75) is 56.6 Å². The minimum atomic E-state index is -6.01. The molecule has 1 saturated carbocycles. The van der Waals surface area contributed by atoms with Gasteiger partial charge in [-0.15, -0.1) is 0 Å². The second kappa shape index (κ2) is 12.1. The van der Waals surface area contributed by atoms with Gasteiger partial charge in [0.25, 0.3) is 5.91 Å². The highest BCUT2D eigenvalue weighted by Crippen LogP contribution is 2.64. The van der Waals surface area contributed by atoms with Crippen molar-refractivity contribution in [3.63, 3.8) is 0 Å². The number of hydrogen-bond acceptors (Lipinski definition) is 8. The summed E-state index contributed by atoms with van der Waals surface area (Å²) in [5.74, 6) is -5.26. The van der Waals surface area contributed by atoms with Crippen molar-refractivity contribution in [1.82, 2.24) is 20.3 Å². The molecule has 45 heavy (non-hydrogen) atoms. The fourth-order valence-electron chi connectivity index (χ4n) is 5.98. The van der Waals surface area contributed by atoms with Gasteiger partial charge in [0, 0.05) is 19.0 Å². The third kappa shape index (κ3) is 7.19. The number of carbonyl (C=O) groups is 4. The van der Waals surface area contributed by atoms with Crippen LogP contribution in [-0.2, 0) is 35.4 Å². The van der Waals surface area contributed by atoms with E-state index in [1.807, 2.05) is 0 Å². The van der Waals surface area contributed by atoms with Gasteiger partial charge in [0.1, 0.15) is 24.6 Å². The highest BCUT2D eigenvalue weighted by molar-refractivity contribution is 7.90. The number of rotatable bonds is 11. The third-order valence-corrected chi connectivity index (χ3v) is 9.72. The van der Waals surface area contributed by atoms with Crippen molar-refractivity contribution >= 4 is 33.5 Å². The molecule has 1 aromatic rings. The molecule has 3 aliphatic rings.